The van der Waals surface area contributed by atoms with Gasteiger partial charge in [-0.25, -0.2) is 4.98 Å². The fourth-order valence-electron chi connectivity index (χ4n) is 1.93. The molecule has 0 aliphatic rings. The van der Waals surface area contributed by atoms with Gasteiger partial charge in [0, 0.05) is 11.2 Å². The zero-order valence-electron chi connectivity index (χ0n) is 10.7. The number of nitrogens with zero attached hydrogens (tertiary/aromatic N) is 2. The molecular weight excluding hydrogens is 311 g/mol. The van der Waals surface area contributed by atoms with Crippen LogP contribution < -0.4 is 5.32 Å². The number of benzene rings is 1. The van der Waals surface area contributed by atoms with Crippen LogP contribution in [0.5, 0.6) is 0 Å². The molecule has 0 fully saturated rings. The molecule has 1 amide bonds. The summed E-state index contributed by atoms with van der Waals surface area (Å²) in [5.74, 6) is 0.367. The summed E-state index contributed by atoms with van der Waals surface area (Å²) in [5.41, 5.74) is 2.00. The van der Waals surface area contributed by atoms with Crippen molar-refractivity contribution in [3.8, 4) is 0 Å². The summed E-state index contributed by atoms with van der Waals surface area (Å²) in [5, 5.41) is 3.56. The molecule has 0 aliphatic carbocycles. The van der Waals surface area contributed by atoms with E-state index in [2.05, 4.69) is 20.3 Å². The Morgan fingerprint density at radius 1 is 1.29 bits per heavy atom. The minimum Gasteiger partial charge on any atom is -0.345 e. The van der Waals surface area contributed by atoms with Crippen molar-refractivity contribution in [1.82, 2.24) is 20.3 Å². The molecule has 106 valence electrons. The molecule has 0 unspecified atom stereocenters. The van der Waals surface area contributed by atoms with E-state index in [0.717, 1.165) is 11.0 Å². The normalized spacial score (nSPS) is 10.8. The summed E-state index contributed by atoms with van der Waals surface area (Å²) in [4.78, 5) is 23.5. The lowest BCUT2D eigenvalue weighted by Gasteiger charge is -2.05. The molecule has 1 aromatic carbocycles. The molecule has 0 aliphatic heterocycles. The summed E-state index contributed by atoms with van der Waals surface area (Å²) in [6.45, 7) is 0.270. The summed E-state index contributed by atoms with van der Waals surface area (Å²) in [6, 6.07) is 6.54. The highest BCUT2D eigenvalue weighted by atomic mass is 35.5. The van der Waals surface area contributed by atoms with Gasteiger partial charge < -0.3 is 10.3 Å². The van der Waals surface area contributed by atoms with Crippen LogP contribution in [0.25, 0.3) is 11.0 Å². The van der Waals surface area contributed by atoms with Crippen molar-refractivity contribution in [2.24, 2.45) is 0 Å². The molecule has 0 radical (unpaired) electrons. The lowest BCUT2D eigenvalue weighted by atomic mass is 10.2. The van der Waals surface area contributed by atoms with Crippen LogP contribution in [0.4, 0.5) is 0 Å². The molecule has 0 atom stereocenters. The Bertz CT molecular complexity index is 783. The summed E-state index contributed by atoms with van der Waals surface area (Å²) < 4.78 is 0. The van der Waals surface area contributed by atoms with Gasteiger partial charge in [-0.1, -0.05) is 23.2 Å². The average Bonchev–Trinajstić information content (AvgIpc) is 2.87. The maximum Gasteiger partial charge on any atom is 0.253 e. The van der Waals surface area contributed by atoms with Crippen molar-refractivity contribution in [2.75, 3.05) is 0 Å². The Labute approximate surface area is 130 Å². The van der Waals surface area contributed by atoms with Crippen molar-refractivity contribution in [1.29, 1.82) is 0 Å². The number of imidazole rings is 1. The van der Waals surface area contributed by atoms with Gasteiger partial charge in [-0.3, -0.25) is 9.78 Å². The van der Waals surface area contributed by atoms with Gasteiger partial charge in [0.25, 0.3) is 5.91 Å². The molecule has 2 N–H and O–H groups in total. The van der Waals surface area contributed by atoms with Crippen LogP contribution in [0.1, 0.15) is 16.2 Å². The van der Waals surface area contributed by atoms with Crippen LogP contribution >= 0.6 is 23.2 Å². The summed E-state index contributed by atoms with van der Waals surface area (Å²) >= 11 is 11.8. The molecule has 2 aromatic heterocycles. The predicted octanol–water partition coefficient (Wildman–Crippen LogP) is 3.19. The Balaban J connectivity index is 1.73. The fourth-order valence-corrected chi connectivity index (χ4v) is 2.42. The molecule has 0 saturated carbocycles. The Kier molecular flexibility index (Phi) is 3.77. The van der Waals surface area contributed by atoms with E-state index in [-0.39, 0.29) is 12.5 Å². The zero-order chi connectivity index (χ0) is 14.8. The molecule has 21 heavy (non-hydrogen) atoms. The van der Waals surface area contributed by atoms with Crippen molar-refractivity contribution >= 4 is 40.1 Å². The number of amides is 1. The summed E-state index contributed by atoms with van der Waals surface area (Å²) in [6.07, 6.45) is 3.35. The van der Waals surface area contributed by atoms with E-state index in [1.165, 1.54) is 6.07 Å². The fraction of sp³-hybridized carbons (Fsp3) is 0.0714. The van der Waals surface area contributed by atoms with Crippen LogP contribution in [0.15, 0.2) is 36.7 Å². The number of carbonyl (C=O) groups is 1. The summed E-state index contributed by atoms with van der Waals surface area (Å²) in [7, 11) is 0. The molecule has 3 rings (SSSR count). The molecular formula is C14H10Cl2N4O. The van der Waals surface area contributed by atoms with Crippen molar-refractivity contribution in [3.63, 3.8) is 0 Å². The Morgan fingerprint density at radius 3 is 2.90 bits per heavy atom. The third kappa shape index (κ3) is 2.99. The Hall–Kier alpha value is -2.11. The second-order valence-electron chi connectivity index (χ2n) is 4.38. The van der Waals surface area contributed by atoms with Gasteiger partial charge in [0.2, 0.25) is 0 Å². The first-order valence-electron chi connectivity index (χ1n) is 6.15. The standard InChI is InChI=1S/C14H10Cl2N4O/c15-8-1-2-9(10(16)5-8)14(21)18-7-13-19-11-3-4-17-6-12(11)20-13/h1-6H,7H2,(H,18,21)(H,19,20). The van der Waals surface area contributed by atoms with E-state index in [4.69, 9.17) is 23.2 Å². The number of H-pyrrole nitrogens is 1. The van der Waals surface area contributed by atoms with Gasteiger partial charge in [0.15, 0.2) is 0 Å². The number of hydrogen-bond acceptors (Lipinski definition) is 3. The second-order valence-corrected chi connectivity index (χ2v) is 5.23. The third-order valence-corrected chi connectivity index (χ3v) is 3.47. The quantitative estimate of drug-likeness (QED) is 0.778. The number of halogens is 2. The smallest absolute Gasteiger partial charge is 0.253 e. The lowest BCUT2D eigenvalue weighted by molar-refractivity contribution is 0.0950. The number of nitrogens with one attached hydrogen (secondary N) is 2. The lowest BCUT2D eigenvalue weighted by Crippen LogP contribution is -2.23. The monoisotopic (exact) mass is 320 g/mol. The Morgan fingerprint density at radius 2 is 2.14 bits per heavy atom. The number of aromatic amines is 1. The third-order valence-electron chi connectivity index (χ3n) is 2.92. The van der Waals surface area contributed by atoms with E-state index in [9.17, 15) is 4.79 Å². The molecule has 0 bridgehead atoms. The number of rotatable bonds is 3. The molecule has 0 saturated heterocycles. The maximum atomic E-state index is 12.1. The number of pyridine rings is 1. The van der Waals surface area contributed by atoms with E-state index in [1.54, 1.807) is 30.6 Å². The van der Waals surface area contributed by atoms with Crippen LogP contribution in [-0.4, -0.2) is 20.9 Å². The number of hydrogen-bond donors (Lipinski definition) is 2. The van der Waals surface area contributed by atoms with Crippen molar-refractivity contribution < 1.29 is 4.79 Å². The highest BCUT2D eigenvalue weighted by Crippen LogP contribution is 2.20. The first-order chi connectivity index (χ1) is 10.1. The van der Waals surface area contributed by atoms with Crippen molar-refractivity contribution in [2.45, 2.75) is 6.54 Å². The van der Waals surface area contributed by atoms with Gasteiger partial charge in [-0.15, -0.1) is 0 Å². The van der Waals surface area contributed by atoms with Crippen LogP contribution in [0, 0.1) is 0 Å². The number of carbonyl (C=O) groups excluding carboxylic acids is 1. The molecule has 2 heterocycles. The maximum absolute atomic E-state index is 12.1. The SMILES string of the molecule is O=C(NCc1nc2ccncc2[nH]1)c1ccc(Cl)cc1Cl. The minimum absolute atomic E-state index is 0.270. The topological polar surface area (TPSA) is 70.7 Å². The van der Waals surface area contributed by atoms with Gasteiger partial charge >= 0.3 is 0 Å². The van der Waals surface area contributed by atoms with Crippen LogP contribution in [0.2, 0.25) is 10.0 Å². The van der Waals surface area contributed by atoms with E-state index in [0.29, 0.717) is 21.4 Å². The molecule has 0 spiro atoms. The van der Waals surface area contributed by atoms with Gasteiger partial charge in [-0.2, -0.15) is 0 Å². The molecule has 5 nitrogen and oxygen atoms in total. The first kappa shape index (κ1) is 13.9. The zero-order valence-corrected chi connectivity index (χ0v) is 12.2. The van der Waals surface area contributed by atoms with Crippen molar-refractivity contribution in [3.05, 3.63) is 58.1 Å². The second kappa shape index (κ2) is 5.71. The highest BCUT2D eigenvalue weighted by molar-refractivity contribution is 6.36. The van der Waals surface area contributed by atoms with Gasteiger partial charge in [0.05, 0.1) is 34.4 Å². The van der Waals surface area contributed by atoms with E-state index < -0.39 is 0 Å². The molecule has 7 heteroatoms. The molecule has 3 aromatic rings. The average molecular weight is 321 g/mol. The number of aromatic nitrogens is 3. The van der Waals surface area contributed by atoms with E-state index >= 15 is 0 Å². The predicted molar refractivity (Wildman–Crippen MR) is 81.5 cm³/mol. The van der Waals surface area contributed by atoms with Crippen LogP contribution in [-0.2, 0) is 6.54 Å². The minimum atomic E-state index is -0.282. The highest BCUT2D eigenvalue weighted by Gasteiger charge is 2.11. The van der Waals surface area contributed by atoms with Crippen LogP contribution in [0.3, 0.4) is 0 Å². The largest absolute Gasteiger partial charge is 0.345 e. The van der Waals surface area contributed by atoms with Gasteiger partial charge in [0.1, 0.15) is 5.82 Å². The van der Waals surface area contributed by atoms with E-state index in [1.807, 2.05) is 0 Å². The first-order valence-corrected chi connectivity index (χ1v) is 6.91. The number of fused-ring (bicyclic) bond motifs is 1. The van der Waals surface area contributed by atoms with Gasteiger partial charge in [-0.05, 0) is 24.3 Å².